The lowest BCUT2D eigenvalue weighted by atomic mass is 10.0. The number of fused-ring (bicyclic) bond motifs is 1. The molecule has 3 rings (SSSR count). The highest BCUT2D eigenvalue weighted by Crippen LogP contribution is 2.38. The summed E-state index contributed by atoms with van der Waals surface area (Å²) in [6.45, 7) is 5.97. The molecule has 0 bridgehead atoms. The zero-order valence-corrected chi connectivity index (χ0v) is 12.1. The molecular formula is C15H20N2O3. The van der Waals surface area contributed by atoms with Crippen molar-refractivity contribution in [2.75, 3.05) is 31.6 Å². The van der Waals surface area contributed by atoms with Crippen LogP contribution in [0.1, 0.15) is 25.5 Å². The Morgan fingerprint density at radius 1 is 1.40 bits per heavy atom. The lowest BCUT2D eigenvalue weighted by Gasteiger charge is -2.37. The molecule has 1 unspecified atom stereocenters. The van der Waals surface area contributed by atoms with Gasteiger partial charge in [-0.1, -0.05) is 6.07 Å². The number of rotatable bonds is 1. The summed E-state index contributed by atoms with van der Waals surface area (Å²) in [5.41, 5.74) is 1.06. The average molecular weight is 276 g/mol. The molecule has 20 heavy (non-hydrogen) atoms. The Balaban J connectivity index is 1.95. The molecule has 1 N–H and O–H groups in total. The first kappa shape index (κ1) is 13.4. The molecule has 1 fully saturated rings. The van der Waals surface area contributed by atoms with Crippen LogP contribution in [-0.4, -0.2) is 38.3 Å². The zero-order valence-electron chi connectivity index (χ0n) is 12.1. The Labute approximate surface area is 118 Å². The van der Waals surface area contributed by atoms with E-state index in [2.05, 4.69) is 5.32 Å². The first-order valence-electron chi connectivity index (χ1n) is 6.92. The van der Waals surface area contributed by atoms with Gasteiger partial charge in [0.1, 0.15) is 5.75 Å². The van der Waals surface area contributed by atoms with Crippen molar-refractivity contribution in [3.05, 3.63) is 23.8 Å². The number of ether oxygens (including phenoxy) is 2. The number of benzene rings is 1. The van der Waals surface area contributed by atoms with Crippen molar-refractivity contribution in [1.29, 1.82) is 0 Å². The monoisotopic (exact) mass is 276 g/mol. The van der Waals surface area contributed by atoms with Gasteiger partial charge in [0.05, 0.1) is 18.4 Å². The molecule has 0 aliphatic carbocycles. The number of nitrogens with one attached hydrogen (secondary N) is 1. The lowest BCUT2D eigenvalue weighted by Crippen LogP contribution is -2.50. The number of hydrogen-bond acceptors (Lipinski definition) is 4. The predicted octanol–water partition coefficient (Wildman–Crippen LogP) is 1.48. The first-order valence-corrected chi connectivity index (χ1v) is 6.92. The molecule has 1 aromatic carbocycles. The van der Waals surface area contributed by atoms with Crippen LogP contribution in [0, 0.1) is 0 Å². The normalized spacial score (nSPS) is 25.1. The van der Waals surface area contributed by atoms with Gasteiger partial charge in [0.15, 0.2) is 5.60 Å². The van der Waals surface area contributed by atoms with Crippen LogP contribution in [0.5, 0.6) is 5.75 Å². The second kappa shape index (κ2) is 4.75. The molecule has 2 heterocycles. The van der Waals surface area contributed by atoms with Crippen molar-refractivity contribution in [2.45, 2.75) is 25.6 Å². The van der Waals surface area contributed by atoms with Crippen LogP contribution in [0.4, 0.5) is 5.69 Å². The number of anilines is 1. The summed E-state index contributed by atoms with van der Waals surface area (Å²) in [6.07, 6.45) is 0.0347. The molecule has 1 atom stereocenters. The largest absolute Gasteiger partial charge is 0.476 e. The highest BCUT2D eigenvalue weighted by atomic mass is 16.5. The number of hydrogen-bond donors (Lipinski definition) is 1. The molecule has 1 saturated heterocycles. The van der Waals surface area contributed by atoms with Crippen LogP contribution in [0.15, 0.2) is 18.2 Å². The maximum atomic E-state index is 12.3. The molecule has 0 radical (unpaired) electrons. The fraction of sp³-hybridized carbons (Fsp3) is 0.533. The van der Waals surface area contributed by atoms with Gasteiger partial charge < -0.3 is 19.7 Å². The number of nitrogens with zero attached hydrogens (tertiary/aromatic N) is 1. The lowest BCUT2D eigenvalue weighted by molar-refractivity contribution is -0.132. The van der Waals surface area contributed by atoms with Gasteiger partial charge in [0.25, 0.3) is 5.91 Å². The maximum Gasteiger partial charge on any atom is 0.270 e. The van der Waals surface area contributed by atoms with Gasteiger partial charge in [0, 0.05) is 20.1 Å². The Bertz CT molecular complexity index is 536. The van der Waals surface area contributed by atoms with E-state index in [4.69, 9.17) is 9.47 Å². The quantitative estimate of drug-likeness (QED) is 0.844. The van der Waals surface area contributed by atoms with Crippen LogP contribution in [0.3, 0.4) is 0 Å². The summed E-state index contributed by atoms with van der Waals surface area (Å²) in [7, 11) is 1.79. The van der Waals surface area contributed by atoms with Crippen molar-refractivity contribution in [3.8, 4) is 5.75 Å². The summed E-state index contributed by atoms with van der Waals surface area (Å²) in [6, 6.07) is 5.92. The van der Waals surface area contributed by atoms with E-state index in [-0.39, 0.29) is 12.0 Å². The van der Waals surface area contributed by atoms with E-state index in [1.54, 1.807) is 25.8 Å². The molecule has 5 nitrogen and oxygen atoms in total. The van der Waals surface area contributed by atoms with Crippen LogP contribution in [0.2, 0.25) is 0 Å². The van der Waals surface area contributed by atoms with Gasteiger partial charge >= 0.3 is 0 Å². The van der Waals surface area contributed by atoms with E-state index in [1.165, 1.54) is 0 Å². The van der Waals surface area contributed by atoms with Gasteiger partial charge in [-0.3, -0.25) is 4.79 Å². The van der Waals surface area contributed by atoms with Gasteiger partial charge in [-0.2, -0.15) is 0 Å². The maximum absolute atomic E-state index is 12.3. The minimum atomic E-state index is -0.813. The molecule has 0 spiro atoms. The van der Waals surface area contributed by atoms with Gasteiger partial charge in [-0.25, -0.2) is 0 Å². The van der Waals surface area contributed by atoms with E-state index in [1.807, 2.05) is 18.2 Å². The molecule has 2 aliphatic rings. The van der Waals surface area contributed by atoms with Crippen molar-refractivity contribution in [3.63, 3.8) is 0 Å². The highest BCUT2D eigenvalue weighted by molar-refractivity contribution is 6.01. The minimum absolute atomic E-state index is 0.0347. The third-order valence-electron chi connectivity index (χ3n) is 3.83. The van der Waals surface area contributed by atoms with E-state index in [0.29, 0.717) is 6.61 Å². The van der Waals surface area contributed by atoms with Crippen molar-refractivity contribution < 1.29 is 14.3 Å². The third kappa shape index (κ3) is 2.17. The molecule has 5 heteroatoms. The fourth-order valence-corrected chi connectivity index (χ4v) is 2.69. The number of carbonyl (C=O) groups is 1. The Morgan fingerprint density at radius 2 is 2.20 bits per heavy atom. The Kier molecular flexibility index (Phi) is 3.18. The van der Waals surface area contributed by atoms with E-state index < -0.39 is 5.60 Å². The van der Waals surface area contributed by atoms with Gasteiger partial charge in [-0.05, 0) is 31.5 Å². The zero-order chi connectivity index (χ0) is 14.3. The summed E-state index contributed by atoms with van der Waals surface area (Å²) >= 11 is 0. The first-order chi connectivity index (χ1) is 9.49. The summed E-state index contributed by atoms with van der Waals surface area (Å²) in [5.74, 6) is 0.703. The standard InChI is InChI=1S/C15H20N2O3/c1-15(2)14(18)17(3)11-8-10(4-5-12(11)20-15)13-9-16-6-7-19-13/h4-5,8,13,16H,6-7,9H2,1-3H3. The van der Waals surface area contributed by atoms with Crippen LogP contribution in [0.25, 0.3) is 0 Å². The van der Waals surface area contributed by atoms with Crippen molar-refractivity contribution >= 4 is 11.6 Å². The fourth-order valence-electron chi connectivity index (χ4n) is 2.69. The summed E-state index contributed by atoms with van der Waals surface area (Å²) in [5, 5.41) is 3.31. The van der Waals surface area contributed by atoms with E-state index in [9.17, 15) is 4.79 Å². The Hall–Kier alpha value is -1.59. The molecule has 1 amide bonds. The number of amides is 1. The molecular weight excluding hydrogens is 256 g/mol. The van der Waals surface area contributed by atoms with Crippen LogP contribution in [-0.2, 0) is 9.53 Å². The molecule has 2 aliphatic heterocycles. The SMILES string of the molecule is CN1C(=O)C(C)(C)Oc2ccc(C3CNCCO3)cc21. The predicted molar refractivity (Wildman–Crippen MR) is 76.1 cm³/mol. The third-order valence-corrected chi connectivity index (χ3v) is 3.83. The minimum Gasteiger partial charge on any atom is -0.476 e. The van der Waals surface area contributed by atoms with Crippen LogP contribution >= 0.6 is 0 Å². The Morgan fingerprint density at radius 3 is 2.90 bits per heavy atom. The number of morpholine rings is 1. The van der Waals surface area contributed by atoms with Crippen molar-refractivity contribution in [1.82, 2.24) is 5.32 Å². The van der Waals surface area contributed by atoms with E-state index >= 15 is 0 Å². The van der Waals surface area contributed by atoms with Crippen molar-refractivity contribution in [2.24, 2.45) is 0 Å². The smallest absolute Gasteiger partial charge is 0.270 e. The highest BCUT2D eigenvalue weighted by Gasteiger charge is 2.39. The average Bonchev–Trinajstić information content (AvgIpc) is 2.45. The molecule has 0 saturated carbocycles. The van der Waals surface area contributed by atoms with Gasteiger partial charge in [0.2, 0.25) is 0 Å². The number of likely N-dealkylation sites (N-methyl/N-ethyl adjacent to an activating group) is 1. The summed E-state index contributed by atoms with van der Waals surface area (Å²) < 4.78 is 11.5. The second-order valence-corrected chi connectivity index (χ2v) is 5.77. The summed E-state index contributed by atoms with van der Waals surface area (Å²) in [4.78, 5) is 13.9. The molecule has 108 valence electrons. The molecule has 0 aromatic heterocycles. The second-order valence-electron chi connectivity index (χ2n) is 5.77. The number of carbonyl (C=O) groups excluding carboxylic acids is 1. The van der Waals surface area contributed by atoms with Gasteiger partial charge in [-0.15, -0.1) is 0 Å². The molecule has 1 aromatic rings. The van der Waals surface area contributed by atoms with Crippen LogP contribution < -0.4 is 15.0 Å². The topological polar surface area (TPSA) is 50.8 Å². The van der Waals surface area contributed by atoms with E-state index in [0.717, 1.165) is 30.1 Å².